The fourth-order valence-electron chi connectivity index (χ4n) is 1.74. The van der Waals surface area contributed by atoms with Gasteiger partial charge in [-0.15, -0.1) is 0 Å². The van der Waals surface area contributed by atoms with Gasteiger partial charge in [0, 0.05) is 13.2 Å². The van der Waals surface area contributed by atoms with Crippen molar-refractivity contribution in [3.8, 4) is 0 Å². The number of amides is 1. The summed E-state index contributed by atoms with van der Waals surface area (Å²) in [6, 6.07) is 0. The van der Waals surface area contributed by atoms with E-state index in [2.05, 4.69) is 10.3 Å². The normalized spacial score (nSPS) is 12.3. The van der Waals surface area contributed by atoms with Crippen molar-refractivity contribution in [2.24, 2.45) is 5.92 Å². The molecule has 0 aromatic heterocycles. The molecule has 0 heterocycles. The highest BCUT2D eigenvalue weighted by atomic mass is 19.3. The Morgan fingerprint density at radius 2 is 1.80 bits per heavy atom. The Balaban J connectivity index is 0. The van der Waals surface area contributed by atoms with E-state index in [0.717, 1.165) is 19.3 Å². The lowest BCUT2D eigenvalue weighted by atomic mass is 9.96. The topological polar surface area (TPSA) is 47.6 Å². The number of carbonyl (C=O) groups is 1. The number of hydrogen-bond donors (Lipinski definition) is 1. The van der Waals surface area contributed by atoms with Gasteiger partial charge in [-0.1, -0.05) is 13.8 Å². The first-order valence-corrected chi connectivity index (χ1v) is 7.54. The number of rotatable bonds is 11. The Morgan fingerprint density at radius 1 is 1.15 bits per heavy atom. The molecule has 1 atom stereocenters. The molecule has 0 aliphatic carbocycles. The number of hydrogen-bond acceptors (Lipinski definition) is 3. The first-order chi connectivity index (χ1) is 9.49. The van der Waals surface area contributed by atoms with Gasteiger partial charge in [-0.3, -0.25) is 4.79 Å². The third-order valence-electron chi connectivity index (χ3n) is 2.68. The van der Waals surface area contributed by atoms with Crippen LogP contribution in [0, 0.1) is 5.92 Å². The van der Waals surface area contributed by atoms with Gasteiger partial charge in [-0.2, -0.15) is 4.94 Å². The van der Waals surface area contributed by atoms with Crippen LogP contribution < -0.4 is 5.32 Å². The van der Waals surface area contributed by atoms with Crippen LogP contribution >= 0.6 is 0 Å². The number of nitrogens with one attached hydrogen (secondary N) is 1. The van der Waals surface area contributed by atoms with Crippen molar-refractivity contribution in [2.75, 3.05) is 19.8 Å². The highest BCUT2D eigenvalue weighted by molar-refractivity contribution is 5.45. The fraction of sp³-hybridized carbons (Fsp3) is 0.933. The minimum atomic E-state index is -0.131. The molecule has 4 nitrogen and oxygen atoms in total. The Labute approximate surface area is 123 Å². The number of halogens is 1. The maximum absolute atomic E-state index is 11.6. The van der Waals surface area contributed by atoms with E-state index in [9.17, 15) is 9.32 Å². The van der Waals surface area contributed by atoms with E-state index in [1.165, 1.54) is 0 Å². The molecule has 0 fully saturated rings. The van der Waals surface area contributed by atoms with Crippen LogP contribution in [0.2, 0.25) is 0 Å². The lowest BCUT2D eigenvalue weighted by Gasteiger charge is -2.22. The van der Waals surface area contributed by atoms with Crippen LogP contribution in [0.1, 0.15) is 60.3 Å². The minimum absolute atomic E-state index is 0.131. The third-order valence-corrected chi connectivity index (χ3v) is 2.68. The van der Waals surface area contributed by atoms with Crippen molar-refractivity contribution >= 4 is 6.41 Å². The second kappa shape index (κ2) is 14.7. The lowest BCUT2D eigenvalue weighted by molar-refractivity contribution is -0.133. The smallest absolute Gasteiger partial charge is 0.207 e. The van der Waals surface area contributed by atoms with Crippen molar-refractivity contribution in [1.29, 1.82) is 0 Å². The Bertz CT molecular complexity index is 208. The van der Waals surface area contributed by atoms with Crippen molar-refractivity contribution in [2.45, 2.75) is 65.9 Å². The molecule has 0 saturated carbocycles. The molecule has 5 heteroatoms. The molecule has 0 bridgehead atoms. The van der Waals surface area contributed by atoms with Gasteiger partial charge in [0.05, 0.1) is 12.2 Å². The van der Waals surface area contributed by atoms with Crippen LogP contribution in [-0.4, -0.2) is 31.8 Å². The molecule has 1 amide bonds. The molecule has 1 unspecified atom stereocenters. The summed E-state index contributed by atoms with van der Waals surface area (Å²) in [5, 5.41) is 2.65. The van der Waals surface area contributed by atoms with Crippen LogP contribution in [0.15, 0.2) is 0 Å². The van der Waals surface area contributed by atoms with Gasteiger partial charge in [0.25, 0.3) is 0 Å². The second-order valence-corrected chi connectivity index (χ2v) is 5.43. The summed E-state index contributed by atoms with van der Waals surface area (Å²) in [5.74, 6) is 0.426. The lowest BCUT2D eigenvalue weighted by Crippen LogP contribution is -2.22. The molecule has 20 heavy (non-hydrogen) atoms. The van der Waals surface area contributed by atoms with Gasteiger partial charge < -0.3 is 10.1 Å². The maximum Gasteiger partial charge on any atom is 0.207 e. The highest BCUT2D eigenvalue weighted by Crippen LogP contribution is 2.17. The molecule has 0 spiro atoms. The summed E-state index contributed by atoms with van der Waals surface area (Å²) in [4.78, 5) is 13.8. The Kier molecular flexibility index (Phi) is 15.9. The first kappa shape index (κ1) is 21.6. The molecule has 0 rings (SSSR count). The predicted octanol–water partition coefficient (Wildman–Crippen LogP) is 3.65. The number of ether oxygens (including phenoxy) is 1. The summed E-state index contributed by atoms with van der Waals surface area (Å²) in [7, 11) is 0. The fourth-order valence-corrected chi connectivity index (χ4v) is 1.74. The molecule has 0 aliphatic heterocycles. The highest BCUT2D eigenvalue weighted by Gasteiger charge is 2.13. The summed E-state index contributed by atoms with van der Waals surface area (Å²) < 4.78 is 17.3. The largest absolute Gasteiger partial charge is 0.376 e. The summed E-state index contributed by atoms with van der Waals surface area (Å²) in [6.45, 7) is 11.5. The van der Waals surface area contributed by atoms with Crippen molar-refractivity contribution in [3.63, 3.8) is 0 Å². The predicted molar refractivity (Wildman–Crippen MR) is 80.1 cm³/mol. The van der Waals surface area contributed by atoms with E-state index in [4.69, 9.17) is 4.74 Å². The molecule has 0 aromatic rings. The van der Waals surface area contributed by atoms with E-state index < -0.39 is 0 Å². The van der Waals surface area contributed by atoms with E-state index in [0.29, 0.717) is 31.9 Å². The number of carbonyl (C=O) groups excluding carboxylic acids is 1. The molecular weight excluding hydrogens is 261 g/mol. The van der Waals surface area contributed by atoms with Gasteiger partial charge in [0.1, 0.15) is 0 Å². The average Bonchev–Trinajstić information content (AvgIpc) is 2.39. The Morgan fingerprint density at radius 3 is 2.30 bits per heavy atom. The molecule has 0 aromatic carbocycles. The third kappa shape index (κ3) is 17.3. The van der Waals surface area contributed by atoms with E-state index >= 15 is 0 Å². The molecule has 1 N–H and O–H groups in total. The van der Waals surface area contributed by atoms with Crippen LogP contribution in [0.3, 0.4) is 0 Å². The van der Waals surface area contributed by atoms with Crippen LogP contribution in [0.25, 0.3) is 0 Å². The van der Waals surface area contributed by atoms with Crippen molar-refractivity contribution in [3.05, 3.63) is 0 Å². The first-order valence-electron chi connectivity index (χ1n) is 7.54. The second-order valence-electron chi connectivity index (χ2n) is 5.43. The van der Waals surface area contributed by atoms with Crippen molar-refractivity contribution in [1.82, 2.24) is 5.32 Å². The average molecular weight is 293 g/mol. The van der Waals surface area contributed by atoms with Gasteiger partial charge in [-0.25, -0.2) is 0 Å². The zero-order valence-corrected chi connectivity index (χ0v) is 13.7. The zero-order valence-electron chi connectivity index (χ0n) is 13.7. The van der Waals surface area contributed by atoms with E-state index in [1.807, 2.05) is 34.6 Å². The standard InChI is InChI=1S/C13H26FNO3.C2H6/c1-13(2,3)17-10-7-12(5-4-9-18-14)6-8-15-11-16;1-2/h11-12H,4-10H2,1-3H3,(H,15,16);1-2H3. The van der Waals surface area contributed by atoms with Crippen LogP contribution in [0.5, 0.6) is 0 Å². The zero-order chi connectivity index (χ0) is 15.9. The van der Waals surface area contributed by atoms with Crippen LogP contribution in [-0.2, 0) is 14.5 Å². The summed E-state index contributed by atoms with van der Waals surface area (Å²) >= 11 is 0. The summed E-state index contributed by atoms with van der Waals surface area (Å²) in [5.41, 5.74) is -0.131. The van der Waals surface area contributed by atoms with E-state index in [1.54, 1.807) is 0 Å². The van der Waals surface area contributed by atoms with Crippen molar-refractivity contribution < 1.29 is 19.0 Å². The quantitative estimate of drug-likeness (QED) is 0.467. The molecule has 0 aliphatic rings. The van der Waals surface area contributed by atoms with E-state index in [-0.39, 0.29) is 12.2 Å². The Hall–Kier alpha value is -0.680. The summed E-state index contributed by atoms with van der Waals surface area (Å²) in [6.07, 6.45) is 4.09. The van der Waals surface area contributed by atoms with Gasteiger partial charge in [-0.05, 0) is 56.9 Å². The molecular formula is C15H32FNO3. The molecule has 0 saturated heterocycles. The van der Waals surface area contributed by atoms with Crippen LogP contribution in [0.4, 0.5) is 4.53 Å². The van der Waals surface area contributed by atoms with Gasteiger partial charge in [0.2, 0.25) is 6.41 Å². The molecule has 122 valence electrons. The SMILES string of the molecule is CC.CC(C)(C)OCCC(CCCOF)CCNC=O. The van der Waals surface area contributed by atoms with Gasteiger partial charge in [0.15, 0.2) is 0 Å². The monoisotopic (exact) mass is 293 g/mol. The van der Waals surface area contributed by atoms with Gasteiger partial charge >= 0.3 is 0 Å². The minimum Gasteiger partial charge on any atom is -0.376 e. The maximum atomic E-state index is 11.6. The molecule has 0 radical (unpaired) electrons.